The summed E-state index contributed by atoms with van der Waals surface area (Å²) in [6, 6.07) is 0. The third-order valence-corrected chi connectivity index (χ3v) is 1.82. The zero-order chi connectivity index (χ0) is 12.3. The number of anilines is 2. The maximum Gasteiger partial charge on any atom is 0.406 e. The van der Waals surface area contributed by atoms with Gasteiger partial charge in [-0.2, -0.15) is 28.1 Å². The van der Waals surface area contributed by atoms with E-state index in [1.807, 2.05) is 0 Å². The lowest BCUT2D eigenvalue weighted by atomic mass is 10.5. The van der Waals surface area contributed by atoms with Crippen molar-refractivity contribution in [1.82, 2.24) is 15.0 Å². The first-order valence-corrected chi connectivity index (χ1v) is 4.68. The van der Waals surface area contributed by atoms with Gasteiger partial charge in [-0.1, -0.05) is 0 Å². The van der Waals surface area contributed by atoms with Crippen molar-refractivity contribution in [2.45, 2.75) is 13.1 Å². The van der Waals surface area contributed by atoms with Crippen LogP contribution < -0.4 is 10.6 Å². The maximum atomic E-state index is 12.2. The molecule has 0 bridgehead atoms. The summed E-state index contributed by atoms with van der Waals surface area (Å²) < 4.78 is 36.6. The van der Waals surface area contributed by atoms with Gasteiger partial charge in [-0.05, 0) is 18.5 Å². The Balaban J connectivity index is 2.95. The Hall–Kier alpha value is -1.31. The van der Waals surface area contributed by atoms with Crippen molar-refractivity contribution >= 4 is 23.5 Å². The van der Waals surface area contributed by atoms with Gasteiger partial charge in [0.05, 0.1) is 0 Å². The number of hydrogen-bond acceptors (Lipinski definition) is 5. The predicted molar refractivity (Wildman–Crippen MR) is 53.2 cm³/mol. The Kier molecular flexibility index (Phi) is 3.74. The first kappa shape index (κ1) is 12.8. The van der Waals surface area contributed by atoms with Crippen LogP contribution in [0.3, 0.4) is 0 Å². The Morgan fingerprint density at radius 3 is 2.38 bits per heavy atom. The molecule has 0 fully saturated rings. The van der Waals surface area contributed by atoms with Crippen molar-refractivity contribution in [1.29, 1.82) is 0 Å². The van der Waals surface area contributed by atoms with Crippen LogP contribution in [0.25, 0.3) is 0 Å². The third-order valence-electron chi connectivity index (χ3n) is 1.65. The summed E-state index contributed by atoms with van der Waals surface area (Å²) in [6.45, 7) is 0.461. The molecule has 1 rings (SSSR count). The molecule has 1 aromatic rings. The molecule has 2 N–H and O–H groups in total. The molecule has 5 nitrogen and oxygen atoms in total. The Morgan fingerprint density at radius 1 is 1.31 bits per heavy atom. The molecule has 0 saturated heterocycles. The van der Waals surface area contributed by atoms with E-state index in [-0.39, 0.29) is 23.7 Å². The minimum atomic E-state index is -4.34. The molecule has 0 unspecified atom stereocenters. The highest BCUT2D eigenvalue weighted by Gasteiger charge is 2.31. The summed E-state index contributed by atoms with van der Waals surface area (Å²) in [4.78, 5) is 11.5. The fourth-order valence-electron chi connectivity index (χ4n) is 1.04. The van der Waals surface area contributed by atoms with E-state index in [0.29, 0.717) is 0 Å². The Bertz CT molecular complexity index is 349. The smallest absolute Gasteiger partial charge is 0.368 e. The Morgan fingerprint density at radius 2 is 1.94 bits per heavy atom. The van der Waals surface area contributed by atoms with Crippen LogP contribution in [0.4, 0.5) is 25.1 Å². The van der Waals surface area contributed by atoms with Gasteiger partial charge in [0.25, 0.3) is 0 Å². The van der Waals surface area contributed by atoms with Gasteiger partial charge in [0.2, 0.25) is 17.2 Å². The first-order valence-electron chi connectivity index (χ1n) is 4.30. The largest absolute Gasteiger partial charge is 0.406 e. The molecular formula is C7H9ClF3N5. The molecule has 1 aromatic heterocycles. The SMILES string of the molecule is CCN(CC(F)(F)F)c1nc(N)nc(Cl)n1. The van der Waals surface area contributed by atoms with Crippen LogP contribution in [-0.4, -0.2) is 34.2 Å². The second-order valence-electron chi connectivity index (χ2n) is 2.89. The van der Waals surface area contributed by atoms with Crippen molar-refractivity contribution in [2.24, 2.45) is 0 Å². The summed E-state index contributed by atoms with van der Waals surface area (Å²) in [6.07, 6.45) is -4.34. The van der Waals surface area contributed by atoms with Crippen molar-refractivity contribution in [3.05, 3.63) is 5.28 Å². The van der Waals surface area contributed by atoms with E-state index in [0.717, 1.165) is 4.90 Å². The number of halogens is 4. The highest BCUT2D eigenvalue weighted by molar-refractivity contribution is 6.28. The number of nitrogens with zero attached hydrogens (tertiary/aromatic N) is 4. The van der Waals surface area contributed by atoms with Crippen molar-refractivity contribution in [2.75, 3.05) is 23.7 Å². The topological polar surface area (TPSA) is 67.9 Å². The monoisotopic (exact) mass is 255 g/mol. The average Bonchev–Trinajstić information content (AvgIpc) is 2.11. The molecule has 0 aliphatic heterocycles. The number of nitrogen functional groups attached to an aromatic ring is 1. The van der Waals surface area contributed by atoms with Crippen LogP contribution in [0.5, 0.6) is 0 Å². The predicted octanol–water partition coefficient (Wildman–Crippen LogP) is 1.50. The quantitative estimate of drug-likeness (QED) is 0.886. The second-order valence-corrected chi connectivity index (χ2v) is 3.23. The van der Waals surface area contributed by atoms with Gasteiger partial charge in [0, 0.05) is 6.54 Å². The lowest BCUT2D eigenvalue weighted by Gasteiger charge is -2.21. The molecule has 0 radical (unpaired) electrons. The third kappa shape index (κ3) is 3.69. The van der Waals surface area contributed by atoms with E-state index < -0.39 is 12.7 Å². The van der Waals surface area contributed by atoms with Crippen molar-refractivity contribution in [3.63, 3.8) is 0 Å². The summed E-state index contributed by atoms with van der Waals surface area (Å²) in [5.41, 5.74) is 5.26. The van der Waals surface area contributed by atoms with Gasteiger partial charge < -0.3 is 10.6 Å². The van der Waals surface area contributed by atoms with Gasteiger partial charge in [-0.3, -0.25) is 0 Å². The zero-order valence-electron chi connectivity index (χ0n) is 8.29. The summed E-state index contributed by atoms with van der Waals surface area (Å²) in [7, 11) is 0. The average molecular weight is 256 g/mol. The Labute approximate surface area is 94.4 Å². The molecule has 1 heterocycles. The van der Waals surface area contributed by atoms with Crippen LogP contribution in [0.2, 0.25) is 5.28 Å². The van der Waals surface area contributed by atoms with Gasteiger partial charge >= 0.3 is 6.18 Å². The summed E-state index contributed by atoms with van der Waals surface area (Å²) in [5, 5.41) is -0.233. The fraction of sp³-hybridized carbons (Fsp3) is 0.571. The molecule has 90 valence electrons. The van der Waals surface area contributed by atoms with Crippen LogP contribution in [-0.2, 0) is 0 Å². The highest BCUT2D eigenvalue weighted by Crippen LogP contribution is 2.20. The van der Waals surface area contributed by atoms with Gasteiger partial charge in [0.1, 0.15) is 6.54 Å². The van der Waals surface area contributed by atoms with Crippen LogP contribution in [0.1, 0.15) is 6.92 Å². The molecule has 0 amide bonds. The molecule has 0 aromatic carbocycles. The van der Waals surface area contributed by atoms with Gasteiger partial charge in [0.15, 0.2) is 0 Å². The minimum absolute atomic E-state index is 0.0826. The highest BCUT2D eigenvalue weighted by atomic mass is 35.5. The van der Waals surface area contributed by atoms with Crippen LogP contribution >= 0.6 is 11.6 Å². The lowest BCUT2D eigenvalue weighted by molar-refractivity contribution is -0.119. The van der Waals surface area contributed by atoms with Crippen molar-refractivity contribution < 1.29 is 13.2 Å². The minimum Gasteiger partial charge on any atom is -0.368 e. The van der Waals surface area contributed by atoms with Gasteiger partial charge in [-0.25, -0.2) is 0 Å². The van der Waals surface area contributed by atoms with E-state index >= 15 is 0 Å². The number of alkyl halides is 3. The van der Waals surface area contributed by atoms with Crippen LogP contribution in [0, 0.1) is 0 Å². The second kappa shape index (κ2) is 4.69. The molecule has 0 saturated carbocycles. The van der Waals surface area contributed by atoms with Crippen LogP contribution in [0.15, 0.2) is 0 Å². The normalized spacial score (nSPS) is 11.6. The van der Waals surface area contributed by atoms with E-state index in [9.17, 15) is 13.2 Å². The van der Waals surface area contributed by atoms with E-state index in [1.54, 1.807) is 6.92 Å². The fourth-order valence-corrected chi connectivity index (χ4v) is 1.20. The molecule has 16 heavy (non-hydrogen) atoms. The number of nitrogens with two attached hydrogens (primary N) is 1. The summed E-state index contributed by atoms with van der Waals surface area (Å²) >= 11 is 5.47. The first-order chi connectivity index (χ1) is 7.31. The number of hydrogen-bond donors (Lipinski definition) is 1. The molecular weight excluding hydrogens is 247 g/mol. The van der Waals surface area contributed by atoms with E-state index in [2.05, 4.69) is 15.0 Å². The zero-order valence-corrected chi connectivity index (χ0v) is 9.05. The molecule has 0 aliphatic rings. The lowest BCUT2D eigenvalue weighted by Crippen LogP contribution is -2.35. The summed E-state index contributed by atoms with van der Waals surface area (Å²) in [5.74, 6) is -0.395. The standard InChI is InChI=1S/C7H9ClF3N5/c1-2-16(3-7(9,10)11)6-14-4(8)13-5(12)15-6/h2-3H2,1H3,(H2,12,13,14,15). The number of rotatable bonds is 3. The molecule has 0 spiro atoms. The molecule has 0 atom stereocenters. The van der Waals surface area contributed by atoms with E-state index in [4.69, 9.17) is 17.3 Å². The molecule has 9 heteroatoms. The van der Waals surface area contributed by atoms with E-state index in [1.165, 1.54) is 0 Å². The molecule has 0 aliphatic carbocycles. The van der Waals surface area contributed by atoms with Gasteiger partial charge in [-0.15, -0.1) is 0 Å². The number of aromatic nitrogens is 3. The maximum absolute atomic E-state index is 12.2. The van der Waals surface area contributed by atoms with Crippen molar-refractivity contribution in [3.8, 4) is 0 Å².